The number of halogens is 3. The van der Waals surface area contributed by atoms with Crippen LogP contribution in [0.25, 0.3) is 0 Å². The summed E-state index contributed by atoms with van der Waals surface area (Å²) in [6, 6.07) is 3.09. The van der Waals surface area contributed by atoms with Crippen molar-refractivity contribution in [1.29, 1.82) is 0 Å². The van der Waals surface area contributed by atoms with Gasteiger partial charge in [0.2, 0.25) is 5.91 Å². The molecule has 0 spiro atoms. The van der Waals surface area contributed by atoms with E-state index in [0.717, 1.165) is 4.90 Å². The molecule has 0 aromatic carbocycles. The van der Waals surface area contributed by atoms with E-state index in [-0.39, 0.29) is 25.4 Å². The maximum Gasteiger partial charge on any atom is 0.406 e. The van der Waals surface area contributed by atoms with Crippen LogP contribution in [0.4, 0.5) is 13.2 Å². The molecule has 1 atom stereocenters. The average molecular weight is 278 g/mol. The molecule has 19 heavy (non-hydrogen) atoms. The van der Waals surface area contributed by atoms with Crippen LogP contribution in [0.1, 0.15) is 19.1 Å². The second kappa shape index (κ2) is 6.60. The van der Waals surface area contributed by atoms with E-state index in [9.17, 15) is 18.0 Å². The maximum absolute atomic E-state index is 12.5. The molecule has 0 aliphatic rings. The molecule has 0 aliphatic heterocycles. The zero-order chi connectivity index (χ0) is 14.5. The summed E-state index contributed by atoms with van der Waals surface area (Å²) in [6.07, 6.45) is -3.09. The van der Waals surface area contributed by atoms with E-state index in [1.165, 1.54) is 12.3 Å². The molecular formula is C12H17F3N2O2. The Balaban J connectivity index is 2.71. The Hall–Kier alpha value is -1.50. The van der Waals surface area contributed by atoms with Gasteiger partial charge in [-0.05, 0) is 24.6 Å². The van der Waals surface area contributed by atoms with Crippen LogP contribution in [-0.4, -0.2) is 30.1 Å². The largest absolute Gasteiger partial charge is 0.467 e. The van der Waals surface area contributed by atoms with Gasteiger partial charge in [0.05, 0.1) is 12.8 Å². The van der Waals surface area contributed by atoms with Crippen LogP contribution in [-0.2, 0) is 11.3 Å². The second-order valence-electron chi connectivity index (χ2n) is 4.49. The monoisotopic (exact) mass is 278 g/mol. The summed E-state index contributed by atoms with van der Waals surface area (Å²) in [5, 5.41) is 0. The van der Waals surface area contributed by atoms with E-state index in [0.29, 0.717) is 5.76 Å². The van der Waals surface area contributed by atoms with E-state index in [1.807, 2.05) is 0 Å². The highest BCUT2D eigenvalue weighted by Gasteiger charge is 2.33. The highest BCUT2D eigenvalue weighted by atomic mass is 19.4. The van der Waals surface area contributed by atoms with Crippen LogP contribution in [0.5, 0.6) is 0 Å². The van der Waals surface area contributed by atoms with Crippen molar-refractivity contribution in [3.8, 4) is 0 Å². The molecule has 0 saturated carbocycles. The number of nitrogens with two attached hydrogens (primary N) is 1. The van der Waals surface area contributed by atoms with Crippen LogP contribution in [0.3, 0.4) is 0 Å². The topological polar surface area (TPSA) is 59.5 Å². The summed E-state index contributed by atoms with van der Waals surface area (Å²) in [5.74, 6) is -0.412. The first-order chi connectivity index (χ1) is 8.81. The second-order valence-corrected chi connectivity index (χ2v) is 4.49. The van der Waals surface area contributed by atoms with Crippen LogP contribution in [0, 0.1) is 5.92 Å². The van der Waals surface area contributed by atoms with Crippen molar-refractivity contribution >= 4 is 5.91 Å². The van der Waals surface area contributed by atoms with Crippen LogP contribution >= 0.6 is 0 Å². The minimum Gasteiger partial charge on any atom is -0.467 e. The first-order valence-corrected chi connectivity index (χ1v) is 5.89. The Morgan fingerprint density at radius 1 is 1.53 bits per heavy atom. The van der Waals surface area contributed by atoms with E-state index in [1.54, 1.807) is 13.0 Å². The molecule has 1 heterocycles. The maximum atomic E-state index is 12.5. The lowest BCUT2D eigenvalue weighted by molar-refractivity contribution is -0.163. The lowest BCUT2D eigenvalue weighted by Crippen LogP contribution is -2.39. The smallest absolute Gasteiger partial charge is 0.406 e. The molecule has 1 rings (SSSR count). The third-order valence-electron chi connectivity index (χ3n) is 2.58. The van der Waals surface area contributed by atoms with Gasteiger partial charge in [-0.3, -0.25) is 4.79 Å². The Bertz CT molecular complexity index is 390. The minimum atomic E-state index is -4.44. The van der Waals surface area contributed by atoms with Crippen LogP contribution < -0.4 is 5.73 Å². The van der Waals surface area contributed by atoms with Gasteiger partial charge >= 0.3 is 6.18 Å². The number of rotatable bonds is 6. The van der Waals surface area contributed by atoms with Gasteiger partial charge in [-0.1, -0.05) is 6.92 Å². The first-order valence-electron chi connectivity index (χ1n) is 5.89. The summed E-state index contributed by atoms with van der Waals surface area (Å²) in [7, 11) is 0. The predicted molar refractivity (Wildman–Crippen MR) is 63.0 cm³/mol. The number of carbonyl (C=O) groups is 1. The predicted octanol–water partition coefficient (Wildman–Crippen LogP) is 2.16. The molecule has 1 aromatic heterocycles. The fourth-order valence-electron chi connectivity index (χ4n) is 1.55. The molecule has 0 aliphatic carbocycles. The molecule has 0 radical (unpaired) electrons. The van der Waals surface area contributed by atoms with E-state index in [4.69, 9.17) is 10.2 Å². The highest BCUT2D eigenvalue weighted by Crippen LogP contribution is 2.19. The zero-order valence-electron chi connectivity index (χ0n) is 10.6. The van der Waals surface area contributed by atoms with Gasteiger partial charge in [0.15, 0.2) is 0 Å². The van der Waals surface area contributed by atoms with E-state index < -0.39 is 18.6 Å². The third kappa shape index (κ3) is 5.78. The molecule has 4 nitrogen and oxygen atoms in total. The molecule has 1 aromatic rings. The number of carbonyl (C=O) groups excluding carboxylic acids is 1. The lowest BCUT2D eigenvalue weighted by atomic mass is 10.1. The summed E-state index contributed by atoms with van der Waals surface area (Å²) in [5.41, 5.74) is 5.37. The van der Waals surface area contributed by atoms with Crippen molar-refractivity contribution in [3.63, 3.8) is 0 Å². The summed E-state index contributed by atoms with van der Waals surface area (Å²) >= 11 is 0. The average Bonchev–Trinajstić information content (AvgIpc) is 2.79. The first kappa shape index (κ1) is 15.6. The Morgan fingerprint density at radius 2 is 2.21 bits per heavy atom. The van der Waals surface area contributed by atoms with E-state index >= 15 is 0 Å². The minimum absolute atomic E-state index is 0.00666. The SMILES string of the molecule is CC(CN)CC(=O)N(Cc1ccco1)CC(F)(F)F. The van der Waals surface area contributed by atoms with Crippen molar-refractivity contribution in [1.82, 2.24) is 4.90 Å². The molecule has 0 fully saturated rings. The number of alkyl halides is 3. The normalized spacial score (nSPS) is 13.3. The number of hydrogen-bond donors (Lipinski definition) is 1. The van der Waals surface area contributed by atoms with Gasteiger partial charge in [0, 0.05) is 6.42 Å². The number of nitrogens with zero attached hydrogens (tertiary/aromatic N) is 1. The highest BCUT2D eigenvalue weighted by molar-refractivity contribution is 5.76. The summed E-state index contributed by atoms with van der Waals surface area (Å²) < 4.78 is 42.4. The van der Waals surface area contributed by atoms with Crippen LogP contribution in [0.2, 0.25) is 0 Å². The van der Waals surface area contributed by atoms with Gasteiger partial charge in [0.1, 0.15) is 12.3 Å². The van der Waals surface area contributed by atoms with Gasteiger partial charge < -0.3 is 15.1 Å². The van der Waals surface area contributed by atoms with Gasteiger partial charge in [0.25, 0.3) is 0 Å². The molecule has 1 amide bonds. The Labute approximate surface area is 109 Å². The molecule has 1 unspecified atom stereocenters. The molecule has 7 heteroatoms. The zero-order valence-corrected chi connectivity index (χ0v) is 10.6. The van der Waals surface area contributed by atoms with Crippen molar-refractivity contribution < 1.29 is 22.4 Å². The molecule has 108 valence electrons. The quantitative estimate of drug-likeness (QED) is 0.867. The fourth-order valence-corrected chi connectivity index (χ4v) is 1.55. The van der Waals surface area contributed by atoms with Crippen molar-refractivity contribution in [2.24, 2.45) is 11.7 Å². The standard InChI is InChI=1S/C12H17F3N2O2/c1-9(6-16)5-11(18)17(8-12(13,14)15)7-10-3-2-4-19-10/h2-4,9H,5-8,16H2,1H3. The molecular weight excluding hydrogens is 261 g/mol. The molecule has 0 saturated heterocycles. The van der Waals surface area contributed by atoms with Gasteiger partial charge in [-0.15, -0.1) is 0 Å². The van der Waals surface area contributed by atoms with Crippen molar-refractivity contribution in [2.45, 2.75) is 26.1 Å². The van der Waals surface area contributed by atoms with Crippen molar-refractivity contribution in [3.05, 3.63) is 24.2 Å². The summed E-state index contributed by atoms with van der Waals surface area (Å²) in [6.45, 7) is 0.495. The third-order valence-corrected chi connectivity index (χ3v) is 2.58. The lowest BCUT2D eigenvalue weighted by Gasteiger charge is -2.24. The van der Waals surface area contributed by atoms with Gasteiger partial charge in [-0.2, -0.15) is 13.2 Å². The van der Waals surface area contributed by atoms with Crippen molar-refractivity contribution in [2.75, 3.05) is 13.1 Å². The van der Waals surface area contributed by atoms with Gasteiger partial charge in [-0.25, -0.2) is 0 Å². The molecule has 2 N–H and O–H groups in total. The number of amides is 1. The number of hydrogen-bond acceptors (Lipinski definition) is 3. The Morgan fingerprint density at radius 3 is 2.68 bits per heavy atom. The Kier molecular flexibility index (Phi) is 5.41. The number of furan rings is 1. The summed E-state index contributed by atoms with van der Waals surface area (Å²) in [4.78, 5) is 12.6. The van der Waals surface area contributed by atoms with Crippen LogP contribution in [0.15, 0.2) is 22.8 Å². The fraction of sp³-hybridized carbons (Fsp3) is 0.583. The van der Waals surface area contributed by atoms with E-state index in [2.05, 4.69) is 0 Å². The molecule has 0 bridgehead atoms.